The third kappa shape index (κ3) is 1.67. The standard InChI is InChI=1S/C11H14N4O/c1-2-16-9-6-4-3-5-8(9)10-11(12)15(13)7-14-10/h3-7H,2,12-13H2,1H3. The topological polar surface area (TPSA) is 79.1 Å². The number of rotatable bonds is 3. The Morgan fingerprint density at radius 3 is 2.75 bits per heavy atom. The fourth-order valence-electron chi connectivity index (χ4n) is 1.52. The summed E-state index contributed by atoms with van der Waals surface area (Å²) in [5.74, 6) is 6.77. The van der Waals surface area contributed by atoms with E-state index >= 15 is 0 Å². The molecular weight excluding hydrogens is 204 g/mol. The highest BCUT2D eigenvalue weighted by Crippen LogP contribution is 2.31. The molecule has 0 aliphatic carbocycles. The van der Waals surface area contributed by atoms with Gasteiger partial charge < -0.3 is 16.3 Å². The van der Waals surface area contributed by atoms with E-state index in [0.29, 0.717) is 18.1 Å². The number of nitrogens with two attached hydrogens (primary N) is 2. The van der Waals surface area contributed by atoms with Gasteiger partial charge in [0, 0.05) is 5.56 Å². The number of hydrogen-bond acceptors (Lipinski definition) is 4. The first-order valence-electron chi connectivity index (χ1n) is 5.04. The SMILES string of the molecule is CCOc1ccccc1-c1ncn(N)c1N. The van der Waals surface area contributed by atoms with Gasteiger partial charge in [-0.15, -0.1) is 0 Å². The van der Waals surface area contributed by atoms with Crippen molar-refractivity contribution in [1.82, 2.24) is 9.66 Å². The lowest BCUT2D eigenvalue weighted by molar-refractivity contribution is 0.341. The van der Waals surface area contributed by atoms with Crippen LogP contribution in [0.3, 0.4) is 0 Å². The Morgan fingerprint density at radius 2 is 2.12 bits per heavy atom. The highest BCUT2D eigenvalue weighted by Gasteiger charge is 2.12. The molecule has 0 radical (unpaired) electrons. The van der Waals surface area contributed by atoms with Crippen LogP contribution in [-0.2, 0) is 0 Å². The van der Waals surface area contributed by atoms with Crippen molar-refractivity contribution in [2.24, 2.45) is 0 Å². The van der Waals surface area contributed by atoms with E-state index in [2.05, 4.69) is 4.98 Å². The zero-order valence-corrected chi connectivity index (χ0v) is 9.05. The molecule has 16 heavy (non-hydrogen) atoms. The summed E-state index contributed by atoms with van der Waals surface area (Å²) in [5, 5.41) is 0. The molecule has 0 aliphatic heterocycles. The summed E-state index contributed by atoms with van der Waals surface area (Å²) in [5.41, 5.74) is 7.32. The summed E-state index contributed by atoms with van der Waals surface area (Å²) in [6.07, 6.45) is 1.48. The minimum Gasteiger partial charge on any atom is -0.493 e. The van der Waals surface area contributed by atoms with Crippen LogP contribution >= 0.6 is 0 Å². The van der Waals surface area contributed by atoms with Crippen molar-refractivity contribution in [2.45, 2.75) is 6.92 Å². The Labute approximate surface area is 93.6 Å². The number of imidazole rings is 1. The highest BCUT2D eigenvalue weighted by atomic mass is 16.5. The quantitative estimate of drug-likeness (QED) is 0.760. The molecule has 1 aromatic carbocycles. The normalized spacial score (nSPS) is 10.3. The van der Waals surface area contributed by atoms with Gasteiger partial charge in [-0.1, -0.05) is 12.1 Å². The molecule has 0 spiro atoms. The molecule has 5 heteroatoms. The van der Waals surface area contributed by atoms with E-state index in [9.17, 15) is 0 Å². The molecule has 0 amide bonds. The third-order valence-electron chi connectivity index (χ3n) is 2.27. The zero-order valence-electron chi connectivity index (χ0n) is 9.05. The lowest BCUT2D eigenvalue weighted by Gasteiger charge is -2.08. The van der Waals surface area contributed by atoms with Gasteiger partial charge in [0.2, 0.25) is 0 Å². The van der Waals surface area contributed by atoms with Crippen LogP contribution in [0.5, 0.6) is 5.75 Å². The maximum absolute atomic E-state index is 5.82. The van der Waals surface area contributed by atoms with Crippen LogP contribution in [0.4, 0.5) is 5.82 Å². The van der Waals surface area contributed by atoms with Crippen LogP contribution < -0.4 is 16.3 Å². The molecular formula is C11H14N4O. The first-order valence-corrected chi connectivity index (χ1v) is 5.04. The number of para-hydroxylation sites is 1. The lowest BCUT2D eigenvalue weighted by Crippen LogP contribution is -2.10. The van der Waals surface area contributed by atoms with Crippen LogP contribution in [0.15, 0.2) is 30.6 Å². The summed E-state index contributed by atoms with van der Waals surface area (Å²) in [6, 6.07) is 7.61. The summed E-state index contributed by atoms with van der Waals surface area (Å²) < 4.78 is 6.80. The maximum Gasteiger partial charge on any atom is 0.150 e. The molecule has 2 rings (SSSR count). The fraction of sp³-hybridized carbons (Fsp3) is 0.182. The second-order valence-electron chi connectivity index (χ2n) is 3.31. The van der Waals surface area contributed by atoms with Crippen LogP contribution in [0.2, 0.25) is 0 Å². The second kappa shape index (κ2) is 4.14. The van der Waals surface area contributed by atoms with Gasteiger partial charge >= 0.3 is 0 Å². The third-order valence-corrected chi connectivity index (χ3v) is 2.27. The fourth-order valence-corrected chi connectivity index (χ4v) is 1.52. The number of anilines is 1. The average molecular weight is 218 g/mol. The molecule has 0 atom stereocenters. The summed E-state index contributed by atoms with van der Waals surface area (Å²) in [6.45, 7) is 2.53. The van der Waals surface area contributed by atoms with Gasteiger partial charge in [-0.3, -0.25) is 0 Å². The van der Waals surface area contributed by atoms with Gasteiger partial charge in [0.25, 0.3) is 0 Å². The minimum atomic E-state index is 0.423. The molecule has 2 aromatic rings. The predicted molar refractivity (Wildman–Crippen MR) is 63.4 cm³/mol. The molecule has 0 unspecified atom stereocenters. The van der Waals surface area contributed by atoms with E-state index in [-0.39, 0.29) is 0 Å². The monoisotopic (exact) mass is 218 g/mol. The summed E-state index contributed by atoms with van der Waals surface area (Å²) in [7, 11) is 0. The van der Waals surface area contributed by atoms with E-state index in [4.69, 9.17) is 16.3 Å². The van der Waals surface area contributed by atoms with Crippen molar-refractivity contribution in [2.75, 3.05) is 18.2 Å². The van der Waals surface area contributed by atoms with Crippen molar-refractivity contribution < 1.29 is 4.74 Å². The Kier molecular flexibility index (Phi) is 2.68. The van der Waals surface area contributed by atoms with Crippen LogP contribution in [-0.4, -0.2) is 16.3 Å². The first kappa shape index (κ1) is 10.4. The molecule has 5 nitrogen and oxygen atoms in total. The molecule has 1 heterocycles. The Morgan fingerprint density at radius 1 is 1.38 bits per heavy atom. The minimum absolute atomic E-state index is 0.423. The molecule has 0 saturated heterocycles. The Balaban J connectivity index is 2.51. The summed E-state index contributed by atoms with van der Waals surface area (Å²) in [4.78, 5) is 4.16. The largest absolute Gasteiger partial charge is 0.493 e. The second-order valence-corrected chi connectivity index (χ2v) is 3.31. The number of benzene rings is 1. The Bertz CT molecular complexity index is 492. The predicted octanol–water partition coefficient (Wildman–Crippen LogP) is 1.24. The number of hydrogen-bond donors (Lipinski definition) is 2. The van der Waals surface area contributed by atoms with Gasteiger partial charge in [0.15, 0.2) is 5.82 Å². The van der Waals surface area contributed by atoms with Crippen molar-refractivity contribution in [1.29, 1.82) is 0 Å². The molecule has 84 valence electrons. The molecule has 0 fully saturated rings. The van der Waals surface area contributed by atoms with E-state index in [1.165, 1.54) is 11.0 Å². The summed E-state index contributed by atoms with van der Waals surface area (Å²) >= 11 is 0. The van der Waals surface area contributed by atoms with Crippen LogP contribution in [0.25, 0.3) is 11.3 Å². The lowest BCUT2D eigenvalue weighted by atomic mass is 10.1. The van der Waals surface area contributed by atoms with Gasteiger partial charge in [-0.05, 0) is 19.1 Å². The van der Waals surface area contributed by atoms with Crippen molar-refractivity contribution in [3.8, 4) is 17.0 Å². The van der Waals surface area contributed by atoms with Gasteiger partial charge in [-0.2, -0.15) is 0 Å². The zero-order chi connectivity index (χ0) is 11.5. The molecule has 4 N–H and O–H groups in total. The maximum atomic E-state index is 5.82. The number of nitrogen functional groups attached to an aromatic ring is 2. The van der Waals surface area contributed by atoms with Gasteiger partial charge in [0.05, 0.1) is 6.61 Å². The number of aromatic nitrogens is 2. The molecule has 1 aromatic heterocycles. The number of ether oxygens (including phenoxy) is 1. The van der Waals surface area contributed by atoms with E-state index in [1.807, 2.05) is 31.2 Å². The average Bonchev–Trinajstić information content (AvgIpc) is 2.61. The van der Waals surface area contributed by atoms with Gasteiger partial charge in [0.1, 0.15) is 17.8 Å². The number of nitrogens with zero attached hydrogens (tertiary/aromatic N) is 2. The van der Waals surface area contributed by atoms with E-state index < -0.39 is 0 Å². The van der Waals surface area contributed by atoms with Crippen molar-refractivity contribution >= 4 is 5.82 Å². The molecule has 0 saturated carbocycles. The van der Waals surface area contributed by atoms with Crippen molar-refractivity contribution in [3.05, 3.63) is 30.6 Å². The smallest absolute Gasteiger partial charge is 0.150 e. The van der Waals surface area contributed by atoms with Crippen LogP contribution in [0, 0.1) is 0 Å². The molecule has 0 bridgehead atoms. The molecule has 0 aliphatic rings. The van der Waals surface area contributed by atoms with E-state index in [1.54, 1.807) is 0 Å². The first-order chi connectivity index (χ1) is 7.74. The highest BCUT2D eigenvalue weighted by molar-refractivity contribution is 5.75. The van der Waals surface area contributed by atoms with E-state index in [0.717, 1.165) is 11.3 Å². The Hall–Kier alpha value is -2.17. The van der Waals surface area contributed by atoms with Crippen LogP contribution in [0.1, 0.15) is 6.92 Å². The van der Waals surface area contributed by atoms with Crippen molar-refractivity contribution in [3.63, 3.8) is 0 Å². The van der Waals surface area contributed by atoms with Gasteiger partial charge in [-0.25, -0.2) is 9.66 Å².